The Morgan fingerprint density at radius 2 is 1.25 bits per heavy atom. The van der Waals surface area contributed by atoms with Crippen LogP contribution in [0.3, 0.4) is 0 Å². The van der Waals surface area contributed by atoms with Crippen molar-refractivity contribution in [1.29, 1.82) is 0 Å². The first-order chi connectivity index (χ1) is 5.77. The molecule has 1 saturated carbocycles. The van der Waals surface area contributed by atoms with Gasteiger partial charge in [-0.2, -0.15) is 0 Å². The first-order valence-electron chi connectivity index (χ1n) is 5.42. The number of allylic oxidation sites excluding steroid dienone is 2. The quantitative estimate of drug-likeness (QED) is 0.479. The molecule has 0 aliphatic heterocycles. The van der Waals surface area contributed by atoms with Crippen LogP contribution in [0, 0.1) is 23.7 Å². The molecule has 2 aliphatic carbocycles. The van der Waals surface area contributed by atoms with Gasteiger partial charge in [-0.3, -0.25) is 0 Å². The Labute approximate surface area is 76.1 Å². The molecule has 0 nitrogen and oxygen atoms in total. The molecule has 2 rings (SSSR count). The maximum absolute atomic E-state index is 2.43. The fraction of sp³-hybridized carbons (Fsp3) is 0.833. The predicted octanol–water partition coefficient (Wildman–Crippen LogP) is 3.63. The molecule has 0 bridgehead atoms. The van der Waals surface area contributed by atoms with Gasteiger partial charge in [0.1, 0.15) is 0 Å². The molecule has 4 atom stereocenters. The minimum atomic E-state index is 0.970. The van der Waals surface area contributed by atoms with Gasteiger partial charge in [0.15, 0.2) is 0 Å². The van der Waals surface area contributed by atoms with Crippen molar-refractivity contribution in [3.8, 4) is 0 Å². The average Bonchev–Trinajstić information content (AvgIpc) is 2.07. The van der Waals surface area contributed by atoms with E-state index in [1.165, 1.54) is 25.7 Å². The van der Waals surface area contributed by atoms with E-state index in [2.05, 4.69) is 26.0 Å². The summed E-state index contributed by atoms with van der Waals surface area (Å²) in [6.07, 6.45) is 10.5. The van der Waals surface area contributed by atoms with Crippen molar-refractivity contribution < 1.29 is 0 Å². The zero-order valence-electron chi connectivity index (χ0n) is 8.29. The van der Waals surface area contributed by atoms with Crippen molar-refractivity contribution in [2.24, 2.45) is 23.7 Å². The van der Waals surface area contributed by atoms with Gasteiger partial charge in [-0.25, -0.2) is 0 Å². The van der Waals surface area contributed by atoms with Crippen molar-refractivity contribution in [3.05, 3.63) is 12.2 Å². The molecule has 2 aliphatic rings. The largest absolute Gasteiger partial charge is 0.0882 e. The second kappa shape index (κ2) is 3.24. The Morgan fingerprint density at radius 1 is 0.833 bits per heavy atom. The van der Waals surface area contributed by atoms with Gasteiger partial charge in [-0.1, -0.05) is 26.0 Å². The summed E-state index contributed by atoms with van der Waals surface area (Å²) in [4.78, 5) is 0. The highest BCUT2D eigenvalue weighted by atomic mass is 14.4. The molecule has 0 amide bonds. The summed E-state index contributed by atoms with van der Waals surface area (Å²) in [5, 5.41) is 0. The van der Waals surface area contributed by atoms with Crippen molar-refractivity contribution in [2.75, 3.05) is 0 Å². The number of fused-ring (bicyclic) bond motifs is 1. The molecule has 0 aromatic rings. The molecular formula is C12H20. The van der Waals surface area contributed by atoms with Crippen LogP contribution in [0.2, 0.25) is 0 Å². The van der Waals surface area contributed by atoms with E-state index in [9.17, 15) is 0 Å². The minimum absolute atomic E-state index is 0.970. The molecule has 0 N–H and O–H groups in total. The summed E-state index contributed by atoms with van der Waals surface area (Å²) in [7, 11) is 0. The van der Waals surface area contributed by atoms with E-state index >= 15 is 0 Å². The van der Waals surface area contributed by atoms with E-state index in [0.29, 0.717) is 0 Å². The van der Waals surface area contributed by atoms with E-state index in [4.69, 9.17) is 0 Å². The highest BCUT2D eigenvalue weighted by Gasteiger charge is 2.32. The van der Waals surface area contributed by atoms with E-state index < -0.39 is 0 Å². The lowest BCUT2D eigenvalue weighted by atomic mass is 9.66. The predicted molar refractivity (Wildman–Crippen MR) is 52.9 cm³/mol. The Balaban J connectivity index is 2.04. The standard InChI is InChI=1S/C12H20/c1-9-7-11-5-3-4-6-12(11)8-10(9)2/h3-4,9-12H,5-8H2,1-2H3. The van der Waals surface area contributed by atoms with E-state index in [1.54, 1.807) is 0 Å². The van der Waals surface area contributed by atoms with Gasteiger partial charge in [0, 0.05) is 0 Å². The summed E-state index contributed by atoms with van der Waals surface area (Å²) < 4.78 is 0. The van der Waals surface area contributed by atoms with Gasteiger partial charge < -0.3 is 0 Å². The highest BCUT2D eigenvalue weighted by Crippen LogP contribution is 2.42. The van der Waals surface area contributed by atoms with Gasteiger partial charge in [0.25, 0.3) is 0 Å². The number of rotatable bonds is 0. The molecule has 0 heterocycles. The Hall–Kier alpha value is -0.260. The monoisotopic (exact) mass is 164 g/mol. The average molecular weight is 164 g/mol. The summed E-state index contributed by atoms with van der Waals surface area (Å²) in [6, 6.07) is 0. The van der Waals surface area contributed by atoms with E-state index in [0.717, 1.165) is 23.7 Å². The molecule has 0 saturated heterocycles. The smallest absolute Gasteiger partial charge is 0.0319 e. The molecule has 12 heavy (non-hydrogen) atoms. The molecular weight excluding hydrogens is 144 g/mol. The maximum atomic E-state index is 2.43. The fourth-order valence-electron chi connectivity index (χ4n) is 2.92. The molecule has 4 unspecified atom stereocenters. The van der Waals surface area contributed by atoms with Crippen LogP contribution in [0.15, 0.2) is 12.2 Å². The van der Waals surface area contributed by atoms with Gasteiger partial charge in [0.05, 0.1) is 0 Å². The van der Waals surface area contributed by atoms with Crippen molar-refractivity contribution in [3.63, 3.8) is 0 Å². The van der Waals surface area contributed by atoms with E-state index in [1.807, 2.05) is 0 Å². The van der Waals surface area contributed by atoms with Gasteiger partial charge >= 0.3 is 0 Å². The van der Waals surface area contributed by atoms with Crippen LogP contribution in [-0.4, -0.2) is 0 Å². The topological polar surface area (TPSA) is 0 Å². The van der Waals surface area contributed by atoms with Crippen LogP contribution in [0.1, 0.15) is 39.5 Å². The third-order valence-electron chi connectivity index (χ3n) is 4.03. The molecule has 1 fully saturated rings. The van der Waals surface area contributed by atoms with Crippen LogP contribution >= 0.6 is 0 Å². The van der Waals surface area contributed by atoms with Crippen molar-refractivity contribution in [1.82, 2.24) is 0 Å². The van der Waals surface area contributed by atoms with Crippen LogP contribution in [0.4, 0.5) is 0 Å². The second-order valence-electron chi connectivity index (χ2n) is 4.89. The second-order valence-corrected chi connectivity index (χ2v) is 4.89. The van der Waals surface area contributed by atoms with Gasteiger partial charge in [-0.05, 0) is 49.4 Å². The Kier molecular flexibility index (Phi) is 2.25. The summed E-state index contributed by atoms with van der Waals surface area (Å²) in [6.45, 7) is 4.86. The molecule has 0 heteroatoms. The van der Waals surface area contributed by atoms with Gasteiger partial charge in [-0.15, -0.1) is 0 Å². The maximum Gasteiger partial charge on any atom is -0.0319 e. The number of hydrogen-bond donors (Lipinski definition) is 0. The Bertz CT molecular complexity index is 160. The lowest BCUT2D eigenvalue weighted by Crippen LogP contribution is -2.30. The van der Waals surface area contributed by atoms with Crippen molar-refractivity contribution in [2.45, 2.75) is 39.5 Å². The molecule has 0 aromatic carbocycles. The minimum Gasteiger partial charge on any atom is -0.0882 e. The lowest BCUT2D eigenvalue weighted by Gasteiger charge is -2.40. The fourth-order valence-corrected chi connectivity index (χ4v) is 2.92. The van der Waals surface area contributed by atoms with Crippen molar-refractivity contribution >= 4 is 0 Å². The van der Waals surface area contributed by atoms with Crippen LogP contribution in [0.25, 0.3) is 0 Å². The third-order valence-corrected chi connectivity index (χ3v) is 4.03. The summed E-state index contributed by atoms with van der Waals surface area (Å²) >= 11 is 0. The first-order valence-corrected chi connectivity index (χ1v) is 5.42. The number of hydrogen-bond acceptors (Lipinski definition) is 0. The van der Waals surface area contributed by atoms with Crippen LogP contribution in [0.5, 0.6) is 0 Å². The molecule has 0 spiro atoms. The first kappa shape index (κ1) is 8.34. The SMILES string of the molecule is CC1CC2CC=CCC2CC1C. The van der Waals surface area contributed by atoms with Gasteiger partial charge in [0.2, 0.25) is 0 Å². The third kappa shape index (κ3) is 1.44. The molecule has 0 radical (unpaired) electrons. The lowest BCUT2D eigenvalue weighted by molar-refractivity contribution is 0.130. The zero-order chi connectivity index (χ0) is 8.55. The van der Waals surface area contributed by atoms with E-state index in [-0.39, 0.29) is 0 Å². The summed E-state index contributed by atoms with van der Waals surface area (Å²) in [5.41, 5.74) is 0. The van der Waals surface area contributed by atoms with Crippen LogP contribution in [-0.2, 0) is 0 Å². The highest BCUT2D eigenvalue weighted by molar-refractivity contribution is 4.97. The normalized spacial score (nSPS) is 47.2. The molecule has 0 aromatic heterocycles. The molecule has 68 valence electrons. The Morgan fingerprint density at radius 3 is 1.67 bits per heavy atom. The summed E-state index contributed by atoms with van der Waals surface area (Å²) in [5.74, 6) is 4.00. The zero-order valence-corrected chi connectivity index (χ0v) is 8.29. The van der Waals surface area contributed by atoms with Crippen LogP contribution < -0.4 is 0 Å².